The summed E-state index contributed by atoms with van der Waals surface area (Å²) in [4.78, 5) is 27.1. The molecule has 1 saturated carbocycles. The SMILES string of the molecule is O=C(C1CCCC1)N1CCC(Nc2cnn(-c3ccc(Cl)cc3)c(=O)c2Cl)C1. The summed E-state index contributed by atoms with van der Waals surface area (Å²) in [5.74, 6) is 0.455. The Balaban J connectivity index is 1.45. The van der Waals surface area contributed by atoms with Crippen LogP contribution >= 0.6 is 23.2 Å². The summed E-state index contributed by atoms with van der Waals surface area (Å²) in [6, 6.07) is 6.88. The molecule has 6 nitrogen and oxygen atoms in total. The third-order valence-corrected chi connectivity index (χ3v) is 6.17. The first kappa shape index (κ1) is 19.3. The first-order valence-corrected chi connectivity index (χ1v) is 10.4. The van der Waals surface area contributed by atoms with Gasteiger partial charge in [-0.1, -0.05) is 36.0 Å². The van der Waals surface area contributed by atoms with E-state index in [0.717, 1.165) is 38.6 Å². The van der Waals surface area contributed by atoms with Gasteiger partial charge in [-0.3, -0.25) is 9.59 Å². The van der Waals surface area contributed by atoms with Crippen molar-refractivity contribution in [1.82, 2.24) is 14.7 Å². The van der Waals surface area contributed by atoms with Gasteiger partial charge in [-0.2, -0.15) is 9.78 Å². The van der Waals surface area contributed by atoms with E-state index in [1.54, 1.807) is 30.5 Å². The number of rotatable bonds is 4. The number of benzene rings is 1. The number of hydrogen-bond acceptors (Lipinski definition) is 4. The van der Waals surface area contributed by atoms with Gasteiger partial charge in [-0.15, -0.1) is 0 Å². The number of anilines is 1. The second kappa shape index (κ2) is 8.13. The van der Waals surface area contributed by atoms with Crippen LogP contribution < -0.4 is 10.9 Å². The van der Waals surface area contributed by atoms with Crippen molar-refractivity contribution in [3.05, 3.63) is 50.9 Å². The Morgan fingerprint density at radius 2 is 1.82 bits per heavy atom. The predicted octanol–water partition coefficient (Wildman–Crippen LogP) is 3.74. The highest BCUT2D eigenvalue weighted by Crippen LogP contribution is 2.28. The number of carbonyl (C=O) groups excluding carboxylic acids is 1. The van der Waals surface area contributed by atoms with E-state index < -0.39 is 5.56 Å². The predicted molar refractivity (Wildman–Crippen MR) is 110 cm³/mol. The van der Waals surface area contributed by atoms with Crippen LogP contribution in [0.15, 0.2) is 35.3 Å². The van der Waals surface area contributed by atoms with Crippen molar-refractivity contribution in [2.75, 3.05) is 18.4 Å². The van der Waals surface area contributed by atoms with Gasteiger partial charge < -0.3 is 10.2 Å². The molecule has 2 aromatic rings. The van der Waals surface area contributed by atoms with Gasteiger partial charge in [0.05, 0.1) is 17.6 Å². The van der Waals surface area contributed by atoms with Gasteiger partial charge in [-0.05, 0) is 43.5 Å². The molecule has 1 unspecified atom stereocenters. The van der Waals surface area contributed by atoms with E-state index in [0.29, 0.717) is 22.9 Å². The quantitative estimate of drug-likeness (QED) is 0.817. The molecule has 1 amide bonds. The molecule has 1 saturated heterocycles. The lowest BCUT2D eigenvalue weighted by molar-refractivity contribution is -0.134. The lowest BCUT2D eigenvalue weighted by Crippen LogP contribution is -2.35. The highest BCUT2D eigenvalue weighted by atomic mass is 35.5. The molecule has 2 heterocycles. The molecule has 0 bridgehead atoms. The molecule has 28 heavy (non-hydrogen) atoms. The molecule has 0 radical (unpaired) electrons. The number of amides is 1. The molecule has 1 N–H and O–H groups in total. The van der Waals surface area contributed by atoms with Crippen LogP contribution in [0.5, 0.6) is 0 Å². The maximum absolute atomic E-state index is 12.6. The number of nitrogens with zero attached hydrogens (tertiary/aromatic N) is 3. The number of hydrogen-bond donors (Lipinski definition) is 1. The average Bonchev–Trinajstić information content (AvgIpc) is 3.38. The second-order valence-corrected chi connectivity index (χ2v) is 8.28. The Morgan fingerprint density at radius 3 is 2.54 bits per heavy atom. The van der Waals surface area contributed by atoms with E-state index in [4.69, 9.17) is 23.2 Å². The van der Waals surface area contributed by atoms with Gasteiger partial charge in [0.15, 0.2) is 0 Å². The zero-order valence-electron chi connectivity index (χ0n) is 15.4. The van der Waals surface area contributed by atoms with E-state index in [1.165, 1.54) is 4.68 Å². The fourth-order valence-electron chi connectivity index (χ4n) is 4.03. The van der Waals surface area contributed by atoms with Crippen molar-refractivity contribution in [3.8, 4) is 5.69 Å². The Bertz CT molecular complexity index is 923. The molecular weight excluding hydrogens is 399 g/mol. The van der Waals surface area contributed by atoms with Crippen molar-refractivity contribution in [1.29, 1.82) is 0 Å². The Hall–Kier alpha value is -2.05. The van der Waals surface area contributed by atoms with E-state index in [9.17, 15) is 9.59 Å². The maximum Gasteiger partial charge on any atom is 0.292 e. The van der Waals surface area contributed by atoms with E-state index >= 15 is 0 Å². The third kappa shape index (κ3) is 3.89. The summed E-state index contributed by atoms with van der Waals surface area (Å²) in [7, 11) is 0. The van der Waals surface area contributed by atoms with Crippen LogP contribution in [0.25, 0.3) is 5.69 Å². The second-order valence-electron chi connectivity index (χ2n) is 7.46. The summed E-state index contributed by atoms with van der Waals surface area (Å²) in [5.41, 5.74) is 0.694. The van der Waals surface area contributed by atoms with Gasteiger partial charge >= 0.3 is 0 Å². The Kier molecular flexibility index (Phi) is 5.60. The first-order valence-electron chi connectivity index (χ1n) is 9.62. The topological polar surface area (TPSA) is 67.2 Å². The van der Waals surface area contributed by atoms with Crippen molar-refractivity contribution in [2.24, 2.45) is 5.92 Å². The van der Waals surface area contributed by atoms with Crippen molar-refractivity contribution >= 4 is 34.8 Å². The van der Waals surface area contributed by atoms with E-state index in [1.807, 2.05) is 4.90 Å². The normalized spacial score (nSPS) is 19.9. The minimum absolute atomic E-state index is 0.0652. The highest BCUT2D eigenvalue weighted by Gasteiger charge is 2.32. The molecule has 1 aliphatic carbocycles. The lowest BCUT2D eigenvalue weighted by atomic mass is 10.1. The maximum atomic E-state index is 12.6. The lowest BCUT2D eigenvalue weighted by Gasteiger charge is -2.21. The summed E-state index contributed by atoms with van der Waals surface area (Å²) in [5, 5.41) is 8.19. The molecule has 1 aromatic carbocycles. The number of carbonyl (C=O) groups is 1. The molecule has 1 aliphatic heterocycles. The molecule has 4 rings (SSSR count). The van der Waals surface area contributed by atoms with Crippen LogP contribution in [0.1, 0.15) is 32.1 Å². The minimum atomic E-state index is -0.397. The molecular formula is C20H22Cl2N4O2. The summed E-state index contributed by atoms with van der Waals surface area (Å²) < 4.78 is 1.24. The Labute approximate surface area is 173 Å². The summed E-state index contributed by atoms with van der Waals surface area (Å²) >= 11 is 12.2. The molecule has 2 aliphatic rings. The zero-order chi connectivity index (χ0) is 19.7. The van der Waals surface area contributed by atoms with Crippen LogP contribution in [0.4, 0.5) is 5.69 Å². The molecule has 1 atom stereocenters. The smallest absolute Gasteiger partial charge is 0.292 e. The average molecular weight is 421 g/mol. The fraction of sp³-hybridized carbons (Fsp3) is 0.450. The van der Waals surface area contributed by atoms with Crippen LogP contribution in [0.2, 0.25) is 10.0 Å². The Morgan fingerprint density at radius 1 is 1.11 bits per heavy atom. The largest absolute Gasteiger partial charge is 0.378 e. The van der Waals surface area contributed by atoms with Crippen LogP contribution in [-0.2, 0) is 4.79 Å². The third-order valence-electron chi connectivity index (χ3n) is 5.55. The van der Waals surface area contributed by atoms with Crippen LogP contribution in [0, 0.1) is 5.92 Å². The highest BCUT2D eigenvalue weighted by molar-refractivity contribution is 6.33. The molecule has 0 spiro atoms. The van der Waals surface area contributed by atoms with Crippen LogP contribution in [-0.4, -0.2) is 39.7 Å². The van der Waals surface area contributed by atoms with E-state index in [-0.39, 0.29) is 22.9 Å². The van der Waals surface area contributed by atoms with E-state index in [2.05, 4.69) is 10.4 Å². The number of aromatic nitrogens is 2. The summed E-state index contributed by atoms with van der Waals surface area (Å²) in [6.45, 7) is 1.37. The molecule has 8 heteroatoms. The fourth-order valence-corrected chi connectivity index (χ4v) is 4.34. The van der Waals surface area contributed by atoms with Gasteiger partial charge in [0, 0.05) is 30.1 Å². The molecule has 148 valence electrons. The minimum Gasteiger partial charge on any atom is -0.378 e. The number of nitrogens with one attached hydrogen (secondary N) is 1. The van der Waals surface area contributed by atoms with Crippen molar-refractivity contribution in [3.63, 3.8) is 0 Å². The molecule has 1 aromatic heterocycles. The first-order chi connectivity index (χ1) is 13.5. The van der Waals surface area contributed by atoms with Gasteiger partial charge in [0.1, 0.15) is 5.02 Å². The monoisotopic (exact) mass is 420 g/mol. The van der Waals surface area contributed by atoms with Gasteiger partial charge in [-0.25, -0.2) is 0 Å². The number of likely N-dealkylation sites (tertiary alicyclic amines) is 1. The van der Waals surface area contributed by atoms with Crippen molar-refractivity contribution < 1.29 is 4.79 Å². The standard InChI is InChI=1S/C20H22Cl2N4O2/c21-14-5-7-16(8-6-14)26-20(28)18(22)17(11-23-26)24-15-9-10-25(12-15)19(27)13-3-1-2-4-13/h5-8,11,13,15,24H,1-4,9-10,12H2. The van der Waals surface area contributed by atoms with Gasteiger partial charge in [0.25, 0.3) is 5.56 Å². The van der Waals surface area contributed by atoms with Crippen molar-refractivity contribution in [2.45, 2.75) is 38.1 Å². The molecule has 2 fully saturated rings. The number of halogens is 2. The zero-order valence-corrected chi connectivity index (χ0v) is 16.9. The summed E-state index contributed by atoms with van der Waals surface area (Å²) in [6.07, 6.45) is 6.70. The van der Waals surface area contributed by atoms with Crippen LogP contribution in [0.3, 0.4) is 0 Å². The van der Waals surface area contributed by atoms with Gasteiger partial charge in [0.2, 0.25) is 5.91 Å².